The number of nitrogens with zero attached hydrogens (tertiary/aromatic N) is 1. The monoisotopic (exact) mass is 332 g/mol. The minimum atomic E-state index is 0.0257. The number of anilines is 1. The van der Waals surface area contributed by atoms with Gasteiger partial charge in [-0.2, -0.15) is 5.10 Å². The largest absolute Gasteiger partial charge is 0.353 e. The third-order valence-electron chi connectivity index (χ3n) is 5.27. The Bertz CT molecular complexity index is 584. The van der Waals surface area contributed by atoms with Gasteiger partial charge in [0.05, 0.1) is 0 Å². The quantitative estimate of drug-likeness (QED) is 0.775. The maximum Gasteiger partial charge on any atom is 0.228 e. The van der Waals surface area contributed by atoms with Crippen LogP contribution in [0.25, 0.3) is 0 Å². The van der Waals surface area contributed by atoms with Crippen molar-refractivity contribution < 1.29 is 9.59 Å². The van der Waals surface area contributed by atoms with E-state index in [9.17, 15) is 9.59 Å². The van der Waals surface area contributed by atoms with Crippen molar-refractivity contribution in [1.82, 2.24) is 15.5 Å². The van der Waals surface area contributed by atoms with Gasteiger partial charge in [-0.05, 0) is 25.7 Å². The molecular weight excluding hydrogens is 304 g/mol. The molecule has 2 saturated carbocycles. The molecular formula is C18H28N4O2. The van der Waals surface area contributed by atoms with Crippen molar-refractivity contribution in [3.8, 4) is 0 Å². The minimum Gasteiger partial charge on any atom is -0.353 e. The molecule has 1 aromatic rings. The molecule has 0 atom stereocenters. The second-order valence-corrected chi connectivity index (χ2v) is 7.56. The van der Waals surface area contributed by atoms with Gasteiger partial charge in [0.15, 0.2) is 5.82 Å². The average Bonchev–Trinajstić information content (AvgIpc) is 2.98. The fourth-order valence-corrected chi connectivity index (χ4v) is 3.56. The maximum atomic E-state index is 12.3. The molecule has 3 N–H and O–H groups in total. The fourth-order valence-electron chi connectivity index (χ4n) is 3.56. The lowest BCUT2D eigenvalue weighted by Crippen LogP contribution is -2.44. The van der Waals surface area contributed by atoms with Crippen LogP contribution in [-0.4, -0.2) is 28.1 Å². The number of aromatic amines is 1. The number of rotatable bonds is 5. The molecule has 0 unspecified atom stereocenters. The van der Waals surface area contributed by atoms with Crippen LogP contribution in [-0.2, 0) is 9.59 Å². The van der Waals surface area contributed by atoms with Gasteiger partial charge in [0.1, 0.15) is 0 Å². The molecule has 0 aromatic carbocycles. The number of hydrogen-bond donors (Lipinski definition) is 3. The van der Waals surface area contributed by atoms with E-state index in [1.54, 1.807) is 0 Å². The smallest absolute Gasteiger partial charge is 0.228 e. The summed E-state index contributed by atoms with van der Waals surface area (Å²) in [7, 11) is 0. The molecule has 6 heteroatoms. The van der Waals surface area contributed by atoms with E-state index in [0.717, 1.165) is 44.2 Å². The first kappa shape index (κ1) is 17.0. The number of carbonyl (C=O) groups excluding carboxylic acids is 2. The summed E-state index contributed by atoms with van der Waals surface area (Å²) in [5.74, 6) is 1.38. The number of amides is 2. The van der Waals surface area contributed by atoms with Crippen LogP contribution in [0.4, 0.5) is 5.82 Å². The summed E-state index contributed by atoms with van der Waals surface area (Å²) in [5, 5.41) is 13.3. The van der Waals surface area contributed by atoms with Gasteiger partial charge in [0.25, 0.3) is 0 Å². The Morgan fingerprint density at radius 1 is 1.21 bits per heavy atom. The van der Waals surface area contributed by atoms with E-state index in [1.807, 2.05) is 19.9 Å². The van der Waals surface area contributed by atoms with Crippen molar-refractivity contribution >= 4 is 17.6 Å². The first-order chi connectivity index (χ1) is 11.5. The minimum absolute atomic E-state index is 0.0257. The molecule has 0 radical (unpaired) electrons. The number of hydrogen-bond acceptors (Lipinski definition) is 3. The lowest BCUT2D eigenvalue weighted by Gasteiger charge is -2.35. The number of aromatic nitrogens is 2. The summed E-state index contributed by atoms with van der Waals surface area (Å²) in [6.07, 6.45) is 7.37. The molecule has 2 fully saturated rings. The molecule has 2 amide bonds. The molecule has 132 valence electrons. The Hall–Kier alpha value is -1.85. The maximum absolute atomic E-state index is 12.3. The molecule has 1 aromatic heterocycles. The lowest BCUT2D eigenvalue weighted by atomic mass is 9.78. The van der Waals surface area contributed by atoms with Crippen LogP contribution >= 0.6 is 0 Å². The summed E-state index contributed by atoms with van der Waals surface area (Å²) in [5.41, 5.74) is 1.05. The van der Waals surface area contributed by atoms with Crippen LogP contribution in [0.15, 0.2) is 6.07 Å². The van der Waals surface area contributed by atoms with Crippen molar-refractivity contribution in [2.45, 2.75) is 70.8 Å². The van der Waals surface area contributed by atoms with Gasteiger partial charge in [-0.25, -0.2) is 0 Å². The molecule has 6 nitrogen and oxygen atoms in total. The van der Waals surface area contributed by atoms with E-state index >= 15 is 0 Å². The molecule has 2 aliphatic rings. The van der Waals surface area contributed by atoms with Gasteiger partial charge in [0, 0.05) is 35.6 Å². The van der Waals surface area contributed by atoms with Crippen molar-refractivity contribution in [2.24, 2.45) is 11.8 Å². The van der Waals surface area contributed by atoms with Crippen LogP contribution in [0, 0.1) is 11.8 Å². The van der Waals surface area contributed by atoms with E-state index in [2.05, 4.69) is 20.8 Å². The molecule has 1 heterocycles. The number of carbonyl (C=O) groups is 2. The molecule has 0 aliphatic heterocycles. The lowest BCUT2D eigenvalue weighted by molar-refractivity contribution is -0.125. The van der Waals surface area contributed by atoms with E-state index in [1.165, 1.54) is 6.42 Å². The first-order valence-electron chi connectivity index (χ1n) is 9.19. The first-order valence-corrected chi connectivity index (χ1v) is 9.19. The van der Waals surface area contributed by atoms with Gasteiger partial charge < -0.3 is 10.6 Å². The van der Waals surface area contributed by atoms with E-state index in [4.69, 9.17) is 0 Å². The van der Waals surface area contributed by atoms with Crippen molar-refractivity contribution in [3.05, 3.63) is 11.8 Å². The third kappa shape index (κ3) is 3.97. The Morgan fingerprint density at radius 2 is 1.92 bits per heavy atom. The summed E-state index contributed by atoms with van der Waals surface area (Å²) < 4.78 is 0. The summed E-state index contributed by atoms with van der Waals surface area (Å²) >= 11 is 0. The standard InChI is InChI=1S/C18H28N4O2/c1-11(2)17(23)19-14-8-13(9-14)15-10-16(22-21-15)20-18(24)12-6-4-3-5-7-12/h10-14H,3-9H2,1-2H3,(H,19,23)(H2,20,21,22,24). The normalized spacial score (nSPS) is 24.5. The van der Waals surface area contributed by atoms with Crippen LogP contribution in [0.5, 0.6) is 0 Å². The van der Waals surface area contributed by atoms with Gasteiger partial charge in [-0.3, -0.25) is 14.7 Å². The SMILES string of the molecule is CC(C)C(=O)NC1CC(c2cc(NC(=O)C3CCCCC3)n[nH]2)C1. The molecule has 0 saturated heterocycles. The van der Waals surface area contributed by atoms with Gasteiger partial charge in [-0.1, -0.05) is 33.1 Å². The summed E-state index contributed by atoms with van der Waals surface area (Å²) in [4.78, 5) is 23.9. The Labute approximate surface area is 143 Å². The summed E-state index contributed by atoms with van der Waals surface area (Å²) in [6.45, 7) is 3.81. The van der Waals surface area contributed by atoms with Crippen molar-refractivity contribution in [2.75, 3.05) is 5.32 Å². The third-order valence-corrected chi connectivity index (χ3v) is 5.27. The predicted octanol–water partition coefficient (Wildman–Crippen LogP) is 2.95. The van der Waals surface area contributed by atoms with Crippen LogP contribution in [0.1, 0.15) is 70.4 Å². The predicted molar refractivity (Wildman–Crippen MR) is 92.5 cm³/mol. The van der Waals surface area contributed by atoms with E-state index in [0.29, 0.717) is 11.7 Å². The fraction of sp³-hybridized carbons (Fsp3) is 0.722. The average molecular weight is 332 g/mol. The highest BCUT2D eigenvalue weighted by molar-refractivity contribution is 5.91. The number of nitrogens with one attached hydrogen (secondary N) is 3. The van der Waals surface area contributed by atoms with Crippen molar-refractivity contribution in [1.29, 1.82) is 0 Å². The zero-order valence-corrected chi connectivity index (χ0v) is 14.6. The highest BCUT2D eigenvalue weighted by Gasteiger charge is 2.33. The van der Waals surface area contributed by atoms with Gasteiger partial charge in [-0.15, -0.1) is 0 Å². The van der Waals surface area contributed by atoms with Crippen molar-refractivity contribution in [3.63, 3.8) is 0 Å². The summed E-state index contributed by atoms with van der Waals surface area (Å²) in [6, 6.07) is 2.19. The molecule has 0 spiro atoms. The van der Waals surface area contributed by atoms with Crippen LogP contribution < -0.4 is 10.6 Å². The molecule has 24 heavy (non-hydrogen) atoms. The van der Waals surface area contributed by atoms with Crippen LogP contribution in [0.3, 0.4) is 0 Å². The zero-order chi connectivity index (χ0) is 17.1. The topological polar surface area (TPSA) is 86.9 Å². The highest BCUT2D eigenvalue weighted by Crippen LogP contribution is 2.36. The Balaban J connectivity index is 1.46. The molecule has 2 aliphatic carbocycles. The number of H-pyrrole nitrogens is 1. The second-order valence-electron chi connectivity index (χ2n) is 7.56. The van der Waals surface area contributed by atoms with Gasteiger partial charge in [0.2, 0.25) is 11.8 Å². The second kappa shape index (κ2) is 7.36. The molecule has 0 bridgehead atoms. The highest BCUT2D eigenvalue weighted by atomic mass is 16.2. The van der Waals surface area contributed by atoms with Crippen LogP contribution in [0.2, 0.25) is 0 Å². The molecule has 3 rings (SSSR count). The zero-order valence-electron chi connectivity index (χ0n) is 14.6. The van der Waals surface area contributed by atoms with E-state index < -0.39 is 0 Å². The Kier molecular flexibility index (Phi) is 5.21. The Morgan fingerprint density at radius 3 is 2.58 bits per heavy atom. The van der Waals surface area contributed by atoms with Gasteiger partial charge >= 0.3 is 0 Å². The van der Waals surface area contributed by atoms with E-state index in [-0.39, 0.29) is 29.7 Å².